The summed E-state index contributed by atoms with van der Waals surface area (Å²) >= 11 is 0.673. The molecule has 7 rings (SSSR count). The lowest BCUT2D eigenvalue weighted by Gasteiger charge is -2.34. The molecule has 3 aliphatic heterocycles. The Balaban J connectivity index is 1.42. The molecule has 4 aromatic rings. The average molecular weight is 763 g/mol. The van der Waals surface area contributed by atoms with Gasteiger partial charge in [0.1, 0.15) is 46.6 Å². The number of carbonyl (C=O) groups is 1. The van der Waals surface area contributed by atoms with Crippen molar-refractivity contribution in [1.29, 1.82) is 5.26 Å². The molecule has 10 nitrogen and oxygen atoms in total. The zero-order valence-corrected chi connectivity index (χ0v) is 30.2. The standard InChI is InChI=1S/C36H36F6N6O4S/c1-34(2,3)52-33(49)46-31-20(14-43)22-19(7-8-21(38)29(22)53-31)23-25(39)27-24(28(50-4)26(23)40)30(47-11-6-10-36(41,42)16-47)45-32(44-27)51-17-35-9-5-12-48(35)15-18(37)13-35/h7-8,18H,5-6,9-13,15-17H2,1-4H3,(H,46,49)/t18-,35+/m1/s1. The third-order valence-corrected chi connectivity index (χ3v) is 11.0. The van der Waals surface area contributed by atoms with Gasteiger partial charge in [-0.3, -0.25) is 10.2 Å². The van der Waals surface area contributed by atoms with Gasteiger partial charge in [-0.1, -0.05) is 6.07 Å². The Morgan fingerprint density at radius 3 is 2.57 bits per heavy atom. The summed E-state index contributed by atoms with van der Waals surface area (Å²) < 4.78 is 110. The van der Waals surface area contributed by atoms with Crippen molar-refractivity contribution in [2.75, 3.05) is 50.1 Å². The predicted molar refractivity (Wildman–Crippen MR) is 186 cm³/mol. The minimum atomic E-state index is -3.14. The van der Waals surface area contributed by atoms with Crippen LogP contribution in [0.4, 0.5) is 42.0 Å². The maximum absolute atomic E-state index is 17.2. The number of fused-ring (bicyclic) bond motifs is 3. The number of nitriles is 1. The fourth-order valence-electron chi connectivity index (χ4n) is 7.72. The van der Waals surface area contributed by atoms with Gasteiger partial charge in [-0.2, -0.15) is 15.2 Å². The number of methoxy groups -OCH3 is 1. The lowest BCUT2D eigenvalue weighted by molar-refractivity contribution is -0.0118. The molecular weight excluding hydrogens is 726 g/mol. The fraction of sp³-hybridized carbons (Fsp3) is 0.500. The van der Waals surface area contributed by atoms with Crippen molar-refractivity contribution >= 4 is 49.2 Å². The average Bonchev–Trinajstić information content (AvgIpc) is 3.73. The van der Waals surface area contributed by atoms with E-state index in [-0.39, 0.29) is 70.0 Å². The second-order valence-corrected chi connectivity index (χ2v) is 15.7. The Kier molecular flexibility index (Phi) is 9.29. The number of piperidine rings is 1. The topological polar surface area (TPSA) is 113 Å². The highest BCUT2D eigenvalue weighted by Gasteiger charge is 2.49. The first-order chi connectivity index (χ1) is 25.0. The molecule has 282 valence electrons. The number of hydrogen-bond acceptors (Lipinski definition) is 10. The highest BCUT2D eigenvalue weighted by Crippen LogP contribution is 2.49. The minimum absolute atomic E-state index is 0.0539. The summed E-state index contributed by atoms with van der Waals surface area (Å²) in [6.45, 7) is 4.98. The van der Waals surface area contributed by atoms with Crippen molar-refractivity contribution in [2.24, 2.45) is 0 Å². The van der Waals surface area contributed by atoms with Crippen LogP contribution in [0.3, 0.4) is 0 Å². The number of nitrogens with one attached hydrogen (secondary N) is 1. The summed E-state index contributed by atoms with van der Waals surface area (Å²) in [7, 11) is 1.11. The smallest absolute Gasteiger partial charge is 0.412 e. The number of amides is 1. The van der Waals surface area contributed by atoms with Gasteiger partial charge in [0.15, 0.2) is 17.4 Å². The molecule has 0 radical (unpaired) electrons. The van der Waals surface area contributed by atoms with E-state index in [4.69, 9.17) is 14.2 Å². The van der Waals surface area contributed by atoms with Gasteiger partial charge < -0.3 is 19.1 Å². The summed E-state index contributed by atoms with van der Waals surface area (Å²) in [5, 5.41) is 12.0. The molecule has 2 aromatic carbocycles. The van der Waals surface area contributed by atoms with Crippen molar-refractivity contribution in [1.82, 2.24) is 14.9 Å². The molecule has 0 aliphatic carbocycles. The monoisotopic (exact) mass is 762 g/mol. The minimum Gasteiger partial charge on any atom is -0.493 e. The zero-order valence-electron chi connectivity index (χ0n) is 29.3. The number of ether oxygens (including phenoxy) is 3. The Morgan fingerprint density at radius 2 is 1.87 bits per heavy atom. The largest absolute Gasteiger partial charge is 0.493 e. The van der Waals surface area contributed by atoms with Gasteiger partial charge >= 0.3 is 12.1 Å². The fourth-order valence-corrected chi connectivity index (χ4v) is 8.79. The molecule has 5 heterocycles. The first-order valence-electron chi connectivity index (χ1n) is 17.1. The van der Waals surface area contributed by atoms with Gasteiger partial charge in [0.05, 0.1) is 40.4 Å². The number of alkyl halides is 3. The number of anilines is 2. The molecule has 2 aromatic heterocycles. The summed E-state index contributed by atoms with van der Waals surface area (Å²) in [5.41, 5.74) is -3.41. The van der Waals surface area contributed by atoms with Crippen LogP contribution < -0.4 is 19.7 Å². The molecule has 17 heteroatoms. The molecule has 1 N–H and O–H groups in total. The molecule has 1 amide bonds. The Bertz CT molecular complexity index is 2170. The molecule has 3 saturated heterocycles. The van der Waals surface area contributed by atoms with Gasteiger partial charge in [0.25, 0.3) is 5.92 Å². The highest BCUT2D eigenvalue weighted by atomic mass is 32.1. The number of carbonyl (C=O) groups excluding carboxylic acids is 1. The van der Waals surface area contributed by atoms with Gasteiger partial charge in [0, 0.05) is 31.3 Å². The third-order valence-electron chi connectivity index (χ3n) is 9.86. The van der Waals surface area contributed by atoms with Crippen molar-refractivity contribution in [3.8, 4) is 29.0 Å². The zero-order chi connectivity index (χ0) is 38.0. The predicted octanol–water partition coefficient (Wildman–Crippen LogP) is 8.35. The molecule has 53 heavy (non-hydrogen) atoms. The van der Waals surface area contributed by atoms with Gasteiger partial charge in [-0.05, 0) is 58.2 Å². The Morgan fingerprint density at radius 1 is 1.11 bits per heavy atom. The second kappa shape index (κ2) is 13.4. The van der Waals surface area contributed by atoms with E-state index in [2.05, 4.69) is 15.3 Å². The van der Waals surface area contributed by atoms with Gasteiger partial charge in [-0.15, -0.1) is 11.3 Å². The van der Waals surface area contributed by atoms with E-state index in [9.17, 15) is 23.2 Å². The van der Waals surface area contributed by atoms with Crippen LogP contribution in [-0.2, 0) is 4.74 Å². The number of nitrogens with zero attached hydrogens (tertiary/aromatic N) is 5. The van der Waals surface area contributed by atoms with Crippen LogP contribution in [0.5, 0.6) is 11.8 Å². The lowest BCUT2D eigenvalue weighted by atomic mass is 9.95. The van der Waals surface area contributed by atoms with E-state index in [1.165, 1.54) is 4.90 Å². The van der Waals surface area contributed by atoms with Crippen LogP contribution >= 0.6 is 11.3 Å². The van der Waals surface area contributed by atoms with Crippen molar-refractivity contribution in [3.05, 3.63) is 35.1 Å². The van der Waals surface area contributed by atoms with Crippen LogP contribution in [0.1, 0.15) is 58.4 Å². The highest BCUT2D eigenvalue weighted by molar-refractivity contribution is 7.23. The second-order valence-electron chi connectivity index (χ2n) is 14.7. The van der Waals surface area contributed by atoms with Crippen molar-refractivity contribution in [2.45, 2.75) is 76.1 Å². The maximum atomic E-state index is 17.2. The first-order valence-corrected chi connectivity index (χ1v) is 17.9. The van der Waals surface area contributed by atoms with Crippen LogP contribution in [0.2, 0.25) is 0 Å². The number of benzene rings is 2. The number of thiophene rings is 1. The molecule has 0 unspecified atom stereocenters. The van der Waals surface area contributed by atoms with Crippen molar-refractivity contribution < 1.29 is 45.3 Å². The van der Waals surface area contributed by atoms with E-state index in [1.54, 1.807) is 20.8 Å². The van der Waals surface area contributed by atoms with Crippen LogP contribution in [0, 0.1) is 28.8 Å². The van der Waals surface area contributed by atoms with Gasteiger partial charge in [-0.25, -0.2) is 31.1 Å². The van der Waals surface area contributed by atoms with Gasteiger partial charge in [0.2, 0.25) is 0 Å². The Hall–Kier alpha value is -4.56. The molecule has 3 fully saturated rings. The van der Waals surface area contributed by atoms with Crippen molar-refractivity contribution in [3.63, 3.8) is 0 Å². The van der Waals surface area contributed by atoms with Crippen LogP contribution in [0.25, 0.3) is 32.1 Å². The summed E-state index contributed by atoms with van der Waals surface area (Å²) in [5.74, 6) is -7.37. The molecule has 3 aliphatic rings. The SMILES string of the molecule is COc1c(F)c(-c2ccc(F)c3sc(NC(=O)OC(C)(C)C)c(C#N)c23)c(F)c2nc(OC[C@@]34CCCN3C[C@H](F)C4)nc(N3CCCC(F)(F)C3)c12. The lowest BCUT2D eigenvalue weighted by Crippen LogP contribution is -2.44. The number of aromatic nitrogens is 2. The molecule has 0 spiro atoms. The quantitative estimate of drug-likeness (QED) is 0.186. The van der Waals surface area contributed by atoms with E-state index < -0.39 is 82.6 Å². The molecule has 2 atom stereocenters. The van der Waals surface area contributed by atoms with E-state index in [0.717, 1.165) is 25.7 Å². The van der Waals surface area contributed by atoms with Crippen LogP contribution in [-0.4, -0.2) is 84.1 Å². The summed E-state index contributed by atoms with van der Waals surface area (Å²) in [6.07, 6.45) is -0.697. The summed E-state index contributed by atoms with van der Waals surface area (Å²) in [4.78, 5) is 24.6. The third kappa shape index (κ3) is 6.64. The number of rotatable bonds is 7. The molecule has 0 bridgehead atoms. The molecular formula is C36H36F6N6O4S. The van der Waals surface area contributed by atoms with E-state index >= 15 is 13.2 Å². The van der Waals surface area contributed by atoms with E-state index in [1.807, 2.05) is 11.0 Å². The first kappa shape index (κ1) is 36.8. The Labute approximate surface area is 304 Å². The normalized spacial score (nSPS) is 21.5. The molecule has 0 saturated carbocycles. The summed E-state index contributed by atoms with van der Waals surface area (Å²) in [6, 6.07) is 3.55. The van der Waals surface area contributed by atoms with Crippen LogP contribution in [0.15, 0.2) is 12.1 Å². The van der Waals surface area contributed by atoms with E-state index in [0.29, 0.717) is 24.3 Å². The number of halogens is 6. The maximum Gasteiger partial charge on any atom is 0.412 e. The number of hydrogen-bond donors (Lipinski definition) is 1.